The van der Waals surface area contributed by atoms with Gasteiger partial charge in [0.25, 0.3) is 0 Å². The number of benzene rings is 1. The Morgan fingerprint density at radius 2 is 1.85 bits per heavy atom. The minimum Gasteiger partial charge on any atom is -0.374 e. The summed E-state index contributed by atoms with van der Waals surface area (Å²) >= 11 is 0. The topological polar surface area (TPSA) is 74.8 Å². The summed E-state index contributed by atoms with van der Waals surface area (Å²) in [5, 5.41) is 9.28. The molecule has 6 nitrogen and oxygen atoms in total. The summed E-state index contributed by atoms with van der Waals surface area (Å²) in [4.78, 5) is 16.2. The molecule has 154 valence electrons. The standard InChI is InChI=1S/C20H34N4O2.HI/c1-6-21-19(23-15-18(25)24-20(3,4)5)22-13-10-14-26-16(2)17-11-8-7-9-12-17;/h7-9,11-12,16H,6,10,13-15H2,1-5H3,(H,24,25)(H2,21,22,23);1H. The van der Waals surface area contributed by atoms with Gasteiger partial charge < -0.3 is 20.7 Å². The average Bonchev–Trinajstić information content (AvgIpc) is 2.58. The van der Waals surface area contributed by atoms with E-state index in [0.29, 0.717) is 12.6 Å². The van der Waals surface area contributed by atoms with Crippen molar-refractivity contribution in [3.63, 3.8) is 0 Å². The number of amides is 1. The number of nitrogens with one attached hydrogen (secondary N) is 3. The van der Waals surface area contributed by atoms with E-state index in [4.69, 9.17) is 4.74 Å². The molecule has 0 fully saturated rings. The molecule has 1 atom stereocenters. The number of ether oxygens (including phenoxy) is 1. The number of hydrogen-bond acceptors (Lipinski definition) is 3. The third-order valence-corrected chi connectivity index (χ3v) is 3.49. The van der Waals surface area contributed by atoms with Crippen LogP contribution in [0, 0.1) is 0 Å². The van der Waals surface area contributed by atoms with Gasteiger partial charge in [-0.1, -0.05) is 30.3 Å². The van der Waals surface area contributed by atoms with Gasteiger partial charge in [0.2, 0.25) is 5.91 Å². The van der Waals surface area contributed by atoms with Gasteiger partial charge in [-0.3, -0.25) is 4.79 Å². The monoisotopic (exact) mass is 490 g/mol. The molecule has 3 N–H and O–H groups in total. The van der Waals surface area contributed by atoms with E-state index in [2.05, 4.69) is 40.0 Å². The molecule has 0 saturated carbocycles. The van der Waals surface area contributed by atoms with E-state index in [0.717, 1.165) is 19.5 Å². The summed E-state index contributed by atoms with van der Waals surface area (Å²) in [6.07, 6.45) is 0.940. The van der Waals surface area contributed by atoms with Gasteiger partial charge >= 0.3 is 0 Å². The highest BCUT2D eigenvalue weighted by Crippen LogP contribution is 2.15. The van der Waals surface area contributed by atoms with Crippen molar-refractivity contribution >= 4 is 35.8 Å². The zero-order valence-corrected chi connectivity index (χ0v) is 19.5. The molecule has 1 amide bonds. The van der Waals surface area contributed by atoms with E-state index in [1.165, 1.54) is 5.56 Å². The van der Waals surface area contributed by atoms with E-state index in [-0.39, 0.29) is 48.1 Å². The van der Waals surface area contributed by atoms with E-state index in [1.54, 1.807) is 0 Å². The molecule has 0 spiro atoms. The highest BCUT2D eigenvalue weighted by molar-refractivity contribution is 14.0. The second-order valence-corrected chi connectivity index (χ2v) is 7.20. The molecule has 0 aliphatic heterocycles. The smallest absolute Gasteiger partial charge is 0.242 e. The number of carbonyl (C=O) groups excluding carboxylic acids is 1. The van der Waals surface area contributed by atoms with Crippen LogP contribution < -0.4 is 16.0 Å². The van der Waals surface area contributed by atoms with Crippen LogP contribution in [0.2, 0.25) is 0 Å². The maximum Gasteiger partial charge on any atom is 0.242 e. The van der Waals surface area contributed by atoms with Crippen molar-refractivity contribution in [2.24, 2.45) is 4.99 Å². The van der Waals surface area contributed by atoms with Crippen molar-refractivity contribution in [1.29, 1.82) is 0 Å². The number of rotatable bonds is 9. The molecule has 0 bridgehead atoms. The molecule has 0 saturated heterocycles. The lowest BCUT2D eigenvalue weighted by Gasteiger charge is -2.20. The lowest BCUT2D eigenvalue weighted by molar-refractivity contribution is -0.121. The molecule has 1 aromatic rings. The molecule has 7 heteroatoms. The summed E-state index contributed by atoms with van der Waals surface area (Å²) in [5.74, 6) is 0.558. The Labute approximate surface area is 181 Å². The number of carbonyl (C=O) groups is 1. The summed E-state index contributed by atoms with van der Waals surface area (Å²) in [5.41, 5.74) is 0.936. The van der Waals surface area contributed by atoms with Crippen LogP contribution in [0.15, 0.2) is 35.3 Å². The zero-order valence-electron chi connectivity index (χ0n) is 17.2. The van der Waals surface area contributed by atoms with E-state index in [9.17, 15) is 4.79 Å². The van der Waals surface area contributed by atoms with Crippen LogP contribution in [0.3, 0.4) is 0 Å². The van der Waals surface area contributed by atoms with E-state index >= 15 is 0 Å². The molecular formula is C20H35IN4O2. The molecule has 0 aliphatic carbocycles. The van der Waals surface area contributed by atoms with Gasteiger partial charge in [-0.25, -0.2) is 4.99 Å². The van der Waals surface area contributed by atoms with Gasteiger partial charge in [-0.2, -0.15) is 0 Å². The number of halogens is 1. The van der Waals surface area contributed by atoms with Gasteiger partial charge in [-0.15, -0.1) is 24.0 Å². The zero-order chi connectivity index (χ0) is 19.4. The lowest BCUT2D eigenvalue weighted by atomic mass is 10.1. The molecular weight excluding hydrogens is 455 g/mol. The molecule has 0 heterocycles. The minimum absolute atomic E-state index is 0. The van der Waals surface area contributed by atoms with Crippen LogP contribution in [0.1, 0.15) is 52.7 Å². The van der Waals surface area contributed by atoms with E-state index in [1.807, 2.05) is 45.9 Å². The minimum atomic E-state index is -0.245. The average molecular weight is 490 g/mol. The first-order chi connectivity index (χ1) is 12.3. The first kappa shape index (κ1) is 25.6. The molecule has 27 heavy (non-hydrogen) atoms. The van der Waals surface area contributed by atoms with Crippen molar-refractivity contribution in [3.05, 3.63) is 35.9 Å². The van der Waals surface area contributed by atoms with Crippen molar-refractivity contribution in [2.75, 3.05) is 26.2 Å². The van der Waals surface area contributed by atoms with Crippen LogP contribution in [0.25, 0.3) is 0 Å². The van der Waals surface area contributed by atoms with Crippen molar-refractivity contribution in [3.8, 4) is 0 Å². The van der Waals surface area contributed by atoms with Gasteiger partial charge in [-0.05, 0) is 46.6 Å². The first-order valence-electron chi connectivity index (χ1n) is 9.31. The Morgan fingerprint density at radius 1 is 1.19 bits per heavy atom. The third kappa shape index (κ3) is 12.6. The Balaban J connectivity index is 0.00000676. The molecule has 0 aromatic heterocycles. The van der Waals surface area contributed by atoms with Crippen LogP contribution in [0.4, 0.5) is 0 Å². The number of guanidine groups is 1. The summed E-state index contributed by atoms with van der Waals surface area (Å²) < 4.78 is 5.86. The molecule has 0 aliphatic rings. The highest BCUT2D eigenvalue weighted by Gasteiger charge is 2.13. The fourth-order valence-electron chi connectivity index (χ4n) is 2.31. The highest BCUT2D eigenvalue weighted by atomic mass is 127. The fourth-order valence-corrected chi connectivity index (χ4v) is 2.31. The van der Waals surface area contributed by atoms with Crippen LogP contribution in [-0.2, 0) is 9.53 Å². The van der Waals surface area contributed by atoms with E-state index < -0.39 is 0 Å². The summed E-state index contributed by atoms with van der Waals surface area (Å²) in [7, 11) is 0. The van der Waals surface area contributed by atoms with Crippen molar-refractivity contribution < 1.29 is 9.53 Å². The van der Waals surface area contributed by atoms with Crippen LogP contribution in [-0.4, -0.2) is 43.6 Å². The first-order valence-corrected chi connectivity index (χ1v) is 9.31. The maximum absolute atomic E-state index is 11.9. The van der Waals surface area contributed by atoms with Crippen LogP contribution >= 0.6 is 24.0 Å². The van der Waals surface area contributed by atoms with Gasteiger partial charge in [0.05, 0.1) is 6.10 Å². The Hall–Kier alpha value is -1.35. The lowest BCUT2D eigenvalue weighted by Crippen LogP contribution is -2.43. The normalized spacial score (nSPS) is 12.7. The number of hydrogen-bond donors (Lipinski definition) is 3. The quantitative estimate of drug-likeness (QED) is 0.215. The molecule has 1 aromatic carbocycles. The summed E-state index contributed by atoms with van der Waals surface area (Å²) in [6, 6.07) is 10.2. The molecule has 1 rings (SSSR count). The molecule has 0 radical (unpaired) electrons. The Bertz CT molecular complexity index is 559. The largest absolute Gasteiger partial charge is 0.374 e. The summed E-state index contributed by atoms with van der Waals surface area (Å²) in [6.45, 7) is 12.2. The van der Waals surface area contributed by atoms with Crippen LogP contribution in [0.5, 0.6) is 0 Å². The number of aliphatic imine (C=N–C) groups is 1. The number of nitrogens with zero attached hydrogens (tertiary/aromatic N) is 1. The van der Waals surface area contributed by atoms with Crippen molar-refractivity contribution in [1.82, 2.24) is 16.0 Å². The van der Waals surface area contributed by atoms with Crippen molar-refractivity contribution in [2.45, 2.75) is 52.7 Å². The predicted octanol–water partition coefficient (Wildman–Crippen LogP) is 3.24. The van der Waals surface area contributed by atoms with Gasteiger partial charge in [0.1, 0.15) is 6.54 Å². The molecule has 1 unspecified atom stereocenters. The SMILES string of the molecule is CCNC(=NCC(=O)NC(C)(C)C)NCCCOC(C)c1ccccc1.I. The third-order valence-electron chi connectivity index (χ3n) is 3.49. The Morgan fingerprint density at radius 3 is 2.44 bits per heavy atom. The van der Waals surface area contributed by atoms with Gasteiger partial charge in [0.15, 0.2) is 5.96 Å². The van der Waals surface area contributed by atoms with Gasteiger partial charge in [0, 0.05) is 25.2 Å². The maximum atomic E-state index is 11.9. The second-order valence-electron chi connectivity index (χ2n) is 7.20. The Kier molecular flexibility index (Phi) is 13.1. The second kappa shape index (κ2) is 13.8. The predicted molar refractivity (Wildman–Crippen MR) is 123 cm³/mol. The fraction of sp³-hybridized carbons (Fsp3) is 0.600.